The number of hydrogen-bond acceptors (Lipinski definition) is 7. The zero-order valence-corrected chi connectivity index (χ0v) is 15.7. The monoisotopic (exact) mass is 400 g/mol. The Bertz CT molecular complexity index is 1160. The number of hydrogen-bond donors (Lipinski definition) is 1. The smallest absolute Gasteiger partial charge is 0.302 e. The van der Waals surface area contributed by atoms with Gasteiger partial charge in [0.25, 0.3) is 0 Å². The molecule has 0 spiro atoms. The van der Waals surface area contributed by atoms with Crippen molar-refractivity contribution in [2.45, 2.75) is 10.0 Å². The van der Waals surface area contributed by atoms with Gasteiger partial charge in [0.2, 0.25) is 17.4 Å². The quantitative estimate of drug-likeness (QED) is 0.559. The van der Waals surface area contributed by atoms with Gasteiger partial charge in [0, 0.05) is 0 Å². The molecule has 1 unspecified atom stereocenters. The third-order valence-electron chi connectivity index (χ3n) is 4.29. The first-order chi connectivity index (χ1) is 13.5. The van der Waals surface area contributed by atoms with Gasteiger partial charge in [0.05, 0.1) is 31.9 Å². The van der Waals surface area contributed by atoms with Gasteiger partial charge in [-0.25, -0.2) is 0 Å². The number of nitrogens with two attached hydrogens (primary N) is 1. The Kier molecular flexibility index (Phi) is 5.01. The van der Waals surface area contributed by atoms with E-state index < -0.39 is 37.6 Å². The van der Waals surface area contributed by atoms with Crippen molar-refractivity contribution in [2.24, 2.45) is 5.73 Å². The molecule has 138 valence electrons. The number of ketones is 1. The molecule has 0 fully saturated rings. The molecule has 0 amide bonds. The maximum atomic E-state index is 12.8. The Morgan fingerprint density at radius 2 is 1.79 bits per heavy atom. The van der Waals surface area contributed by atoms with E-state index in [4.69, 9.17) is 43.5 Å². The molecule has 7 nitrogen and oxygen atoms in total. The van der Waals surface area contributed by atoms with E-state index in [0.717, 1.165) is 0 Å². The lowest BCUT2D eigenvalue weighted by Crippen LogP contribution is -2.40. The van der Waals surface area contributed by atoms with Crippen LogP contribution in [0.15, 0.2) is 66.2 Å². The Morgan fingerprint density at radius 1 is 1.14 bits per heavy atom. The standard InChI is InChI=1S/C18H11B3N2O5S/c19-17(13-8-4-5-11(9-13)10-22)15(24)14(16(23)27-17)28-29(25,26)18(20,21)12-6-2-1-3-7-12/h1-9H,23H2. The van der Waals surface area contributed by atoms with Crippen molar-refractivity contribution >= 4 is 39.4 Å². The van der Waals surface area contributed by atoms with Gasteiger partial charge in [-0.2, -0.15) is 13.7 Å². The van der Waals surface area contributed by atoms with Crippen molar-refractivity contribution < 1.29 is 22.1 Å². The summed E-state index contributed by atoms with van der Waals surface area (Å²) in [6.07, 6.45) is 0. The third kappa shape index (κ3) is 3.40. The van der Waals surface area contributed by atoms with Crippen LogP contribution in [0.25, 0.3) is 0 Å². The fourth-order valence-electron chi connectivity index (χ4n) is 2.66. The van der Waals surface area contributed by atoms with Gasteiger partial charge < -0.3 is 14.7 Å². The number of carbonyl (C=O) groups is 1. The molecule has 11 heteroatoms. The van der Waals surface area contributed by atoms with Crippen LogP contribution in [0.3, 0.4) is 0 Å². The minimum atomic E-state index is -4.80. The summed E-state index contributed by atoms with van der Waals surface area (Å²) >= 11 is 0. The van der Waals surface area contributed by atoms with E-state index in [2.05, 4.69) is 0 Å². The molecule has 3 rings (SSSR count). The molecular weight excluding hydrogens is 389 g/mol. The van der Waals surface area contributed by atoms with Crippen LogP contribution in [-0.4, -0.2) is 37.7 Å². The Hall–Kier alpha value is -3.12. The Balaban J connectivity index is 1.95. The normalized spacial score (nSPS) is 19.5. The first kappa shape index (κ1) is 20.6. The molecule has 2 aromatic carbocycles. The number of nitrogens with zero attached hydrogens (tertiary/aromatic N) is 1. The zero-order chi connectivity index (χ0) is 21.4. The summed E-state index contributed by atoms with van der Waals surface area (Å²) in [5, 5.41) is 9.03. The topological polar surface area (TPSA) is 119 Å². The van der Waals surface area contributed by atoms with Crippen molar-refractivity contribution in [2.75, 3.05) is 0 Å². The van der Waals surface area contributed by atoms with Crippen LogP contribution in [0.1, 0.15) is 16.7 Å². The van der Waals surface area contributed by atoms with Crippen molar-refractivity contribution in [1.82, 2.24) is 0 Å². The summed E-state index contributed by atoms with van der Waals surface area (Å²) < 4.78 is 33.0. The Labute approximate surface area is 171 Å². The van der Waals surface area contributed by atoms with E-state index >= 15 is 0 Å². The highest BCUT2D eigenvalue weighted by molar-refractivity contribution is 7.90. The summed E-state index contributed by atoms with van der Waals surface area (Å²) in [7, 11) is 12.8. The predicted octanol–water partition coefficient (Wildman–Crippen LogP) is 0.101. The average Bonchev–Trinajstić information content (AvgIpc) is 2.92. The van der Waals surface area contributed by atoms with Gasteiger partial charge in [0.1, 0.15) is 7.85 Å². The molecule has 0 bridgehead atoms. The molecule has 2 aromatic rings. The third-order valence-corrected chi connectivity index (χ3v) is 5.74. The second-order valence-electron chi connectivity index (χ2n) is 6.25. The summed E-state index contributed by atoms with van der Waals surface area (Å²) in [6, 6.07) is 15.1. The Morgan fingerprint density at radius 3 is 2.41 bits per heavy atom. The van der Waals surface area contributed by atoms with Crippen LogP contribution in [0.4, 0.5) is 0 Å². The molecule has 0 aromatic heterocycles. The molecule has 1 atom stereocenters. The molecule has 6 radical (unpaired) electrons. The minimum absolute atomic E-state index is 0.0197. The maximum Gasteiger partial charge on any atom is 0.302 e. The lowest BCUT2D eigenvalue weighted by Gasteiger charge is -2.26. The fourth-order valence-corrected chi connectivity index (χ4v) is 3.60. The van der Waals surface area contributed by atoms with Gasteiger partial charge in [-0.1, -0.05) is 42.5 Å². The number of rotatable bonds is 5. The number of Topliss-reactive ketones (excluding diaryl/α,β-unsaturated/α-hetero) is 1. The fraction of sp³-hybridized carbons (Fsp3) is 0.111. The lowest BCUT2D eigenvalue weighted by atomic mass is 9.65. The second-order valence-corrected chi connectivity index (χ2v) is 8.00. The van der Waals surface area contributed by atoms with Crippen molar-refractivity contribution in [1.29, 1.82) is 5.26 Å². The zero-order valence-electron chi connectivity index (χ0n) is 14.9. The van der Waals surface area contributed by atoms with Gasteiger partial charge in [-0.05, 0) is 23.3 Å². The molecule has 1 aliphatic heterocycles. The van der Waals surface area contributed by atoms with Crippen LogP contribution in [0.5, 0.6) is 0 Å². The first-order valence-corrected chi connectivity index (χ1v) is 9.54. The number of carbonyl (C=O) groups excluding carboxylic acids is 1. The van der Waals surface area contributed by atoms with Crippen LogP contribution >= 0.6 is 0 Å². The van der Waals surface area contributed by atoms with Crippen molar-refractivity contribution in [3.05, 3.63) is 82.9 Å². The van der Waals surface area contributed by atoms with E-state index in [1.165, 1.54) is 48.5 Å². The molecule has 0 saturated carbocycles. The molecule has 1 heterocycles. The number of benzene rings is 2. The van der Waals surface area contributed by atoms with Crippen LogP contribution in [-0.2, 0) is 33.9 Å². The van der Waals surface area contributed by atoms with Gasteiger partial charge in [0.15, 0.2) is 5.50 Å². The van der Waals surface area contributed by atoms with E-state index in [-0.39, 0.29) is 16.7 Å². The second kappa shape index (κ2) is 7.05. The SMILES string of the molecule is [B]C1(c2cccc(C#N)c2)OC(N)=C(OS(=O)(=O)C([B])([B])c2ccccc2)C1=O. The number of ether oxygens (including phenoxy) is 1. The van der Waals surface area contributed by atoms with E-state index in [0.29, 0.717) is 0 Å². The summed E-state index contributed by atoms with van der Waals surface area (Å²) in [6.45, 7) is 0. The summed E-state index contributed by atoms with van der Waals surface area (Å²) in [5.41, 5.74) is 3.79. The summed E-state index contributed by atoms with van der Waals surface area (Å²) in [4.78, 5) is 12.8. The molecule has 29 heavy (non-hydrogen) atoms. The highest BCUT2D eigenvalue weighted by Crippen LogP contribution is 2.38. The van der Waals surface area contributed by atoms with Crippen molar-refractivity contribution in [3.63, 3.8) is 0 Å². The molecule has 0 saturated heterocycles. The predicted molar refractivity (Wildman–Crippen MR) is 106 cm³/mol. The first-order valence-electron chi connectivity index (χ1n) is 8.13. The largest absolute Gasteiger partial charge is 0.467 e. The van der Waals surface area contributed by atoms with Gasteiger partial charge in [-0.3, -0.25) is 4.79 Å². The highest BCUT2D eigenvalue weighted by atomic mass is 32.2. The molecule has 0 aliphatic carbocycles. The average molecular weight is 400 g/mol. The minimum Gasteiger partial charge on any atom is -0.467 e. The van der Waals surface area contributed by atoms with Crippen molar-refractivity contribution in [3.8, 4) is 6.07 Å². The van der Waals surface area contributed by atoms with Gasteiger partial charge >= 0.3 is 10.1 Å². The van der Waals surface area contributed by atoms with Gasteiger partial charge in [-0.15, -0.1) is 0 Å². The van der Waals surface area contributed by atoms with E-state index in [9.17, 15) is 13.2 Å². The lowest BCUT2D eigenvalue weighted by molar-refractivity contribution is -0.126. The highest BCUT2D eigenvalue weighted by Gasteiger charge is 2.50. The van der Waals surface area contributed by atoms with Crippen LogP contribution in [0.2, 0.25) is 0 Å². The van der Waals surface area contributed by atoms with Crippen LogP contribution in [0, 0.1) is 11.3 Å². The summed E-state index contributed by atoms with van der Waals surface area (Å²) in [5.74, 6) is -2.59. The van der Waals surface area contributed by atoms with E-state index in [1.54, 1.807) is 6.07 Å². The molecular formula is C18H11B3N2O5S. The molecule has 2 N–H and O–H groups in total. The van der Waals surface area contributed by atoms with Crippen LogP contribution < -0.4 is 5.73 Å². The maximum absolute atomic E-state index is 12.8. The molecule has 1 aliphatic rings. The number of nitriles is 1. The van der Waals surface area contributed by atoms with E-state index in [1.807, 2.05) is 6.07 Å².